The summed E-state index contributed by atoms with van der Waals surface area (Å²) in [7, 11) is 0. The molecule has 0 aliphatic carbocycles. The molecule has 19 heavy (non-hydrogen) atoms. The molecule has 0 aliphatic rings. The Morgan fingerprint density at radius 2 is 2.00 bits per heavy atom. The van der Waals surface area contributed by atoms with Crippen LogP contribution in [0.1, 0.15) is 17.1 Å². The van der Waals surface area contributed by atoms with Crippen LogP contribution in [0.5, 0.6) is 0 Å². The number of rotatable bonds is 2. The quantitative estimate of drug-likeness (QED) is 0.759. The standard InChI is InChI=1S/C14H15N5/c1-9-3-4-13-12(7-9)18-14(15)19(13)8-11-5-6-16-10(2)17-11/h3-7H,8H2,1-2H3,(H2,15,18). The number of nitrogens with two attached hydrogens (primary N) is 1. The number of imidazole rings is 1. The Hall–Kier alpha value is -2.43. The van der Waals surface area contributed by atoms with E-state index in [0.717, 1.165) is 22.6 Å². The number of nitrogens with zero attached hydrogens (tertiary/aromatic N) is 4. The molecular formula is C14H15N5. The smallest absolute Gasteiger partial charge is 0.201 e. The van der Waals surface area contributed by atoms with Crippen LogP contribution in [0.3, 0.4) is 0 Å². The number of aryl methyl sites for hydroxylation is 2. The molecule has 0 saturated carbocycles. The molecule has 5 heteroatoms. The van der Waals surface area contributed by atoms with Gasteiger partial charge in [-0.2, -0.15) is 0 Å². The van der Waals surface area contributed by atoms with Crippen molar-refractivity contribution in [3.63, 3.8) is 0 Å². The Bertz CT molecular complexity index is 745. The third-order valence-corrected chi connectivity index (χ3v) is 3.09. The van der Waals surface area contributed by atoms with E-state index in [-0.39, 0.29) is 0 Å². The zero-order chi connectivity index (χ0) is 13.4. The molecule has 0 saturated heterocycles. The van der Waals surface area contributed by atoms with Gasteiger partial charge in [0.25, 0.3) is 0 Å². The first-order chi connectivity index (χ1) is 9.13. The molecule has 2 heterocycles. The van der Waals surface area contributed by atoms with Crippen molar-refractivity contribution in [1.82, 2.24) is 19.5 Å². The highest BCUT2D eigenvalue weighted by Crippen LogP contribution is 2.20. The zero-order valence-corrected chi connectivity index (χ0v) is 11.0. The molecule has 0 unspecified atom stereocenters. The second-order valence-electron chi connectivity index (χ2n) is 4.64. The van der Waals surface area contributed by atoms with Crippen molar-refractivity contribution in [2.45, 2.75) is 20.4 Å². The lowest BCUT2D eigenvalue weighted by Crippen LogP contribution is -2.06. The van der Waals surface area contributed by atoms with Gasteiger partial charge in [-0.3, -0.25) is 0 Å². The minimum atomic E-state index is 0.511. The topological polar surface area (TPSA) is 69.6 Å². The van der Waals surface area contributed by atoms with Gasteiger partial charge in [-0.05, 0) is 37.6 Å². The zero-order valence-electron chi connectivity index (χ0n) is 11.0. The van der Waals surface area contributed by atoms with E-state index in [4.69, 9.17) is 5.73 Å². The van der Waals surface area contributed by atoms with Crippen molar-refractivity contribution in [2.75, 3.05) is 5.73 Å². The maximum absolute atomic E-state index is 6.00. The van der Waals surface area contributed by atoms with Crippen LogP contribution in [0.4, 0.5) is 5.95 Å². The van der Waals surface area contributed by atoms with Crippen LogP contribution < -0.4 is 5.73 Å². The van der Waals surface area contributed by atoms with Crippen molar-refractivity contribution in [3.05, 3.63) is 47.5 Å². The predicted octanol–water partition coefficient (Wildman–Crippen LogP) is 2.07. The van der Waals surface area contributed by atoms with E-state index in [2.05, 4.69) is 21.0 Å². The first kappa shape index (κ1) is 11.6. The summed E-state index contributed by atoms with van der Waals surface area (Å²) in [6.45, 7) is 4.53. The molecular weight excluding hydrogens is 238 g/mol. The maximum Gasteiger partial charge on any atom is 0.201 e. The summed E-state index contributed by atoms with van der Waals surface area (Å²) in [4.78, 5) is 12.9. The summed E-state index contributed by atoms with van der Waals surface area (Å²) in [6, 6.07) is 8.03. The normalized spacial score (nSPS) is 11.1. The van der Waals surface area contributed by atoms with Crippen molar-refractivity contribution in [3.8, 4) is 0 Å². The van der Waals surface area contributed by atoms with Crippen molar-refractivity contribution < 1.29 is 0 Å². The van der Waals surface area contributed by atoms with Crippen LogP contribution in [-0.4, -0.2) is 19.5 Å². The monoisotopic (exact) mass is 253 g/mol. The second-order valence-corrected chi connectivity index (χ2v) is 4.64. The lowest BCUT2D eigenvalue weighted by atomic mass is 10.2. The third-order valence-electron chi connectivity index (χ3n) is 3.09. The second kappa shape index (κ2) is 4.35. The molecule has 2 N–H and O–H groups in total. The van der Waals surface area contributed by atoms with Gasteiger partial charge in [-0.1, -0.05) is 6.07 Å². The summed E-state index contributed by atoms with van der Waals surface area (Å²) in [6.07, 6.45) is 1.76. The Balaban J connectivity index is 2.07. The van der Waals surface area contributed by atoms with Crippen LogP contribution in [-0.2, 0) is 6.54 Å². The van der Waals surface area contributed by atoms with Crippen molar-refractivity contribution in [2.24, 2.45) is 0 Å². The molecule has 0 aliphatic heterocycles. The number of benzene rings is 1. The molecule has 0 fully saturated rings. The highest BCUT2D eigenvalue weighted by atomic mass is 15.2. The van der Waals surface area contributed by atoms with Gasteiger partial charge >= 0.3 is 0 Å². The summed E-state index contributed by atoms with van der Waals surface area (Å²) in [5.74, 6) is 1.27. The van der Waals surface area contributed by atoms with E-state index >= 15 is 0 Å². The molecule has 0 atom stereocenters. The summed E-state index contributed by atoms with van der Waals surface area (Å²) in [5.41, 5.74) is 10.1. The molecule has 0 radical (unpaired) electrons. The van der Waals surface area contributed by atoms with Gasteiger partial charge in [-0.15, -0.1) is 0 Å². The number of anilines is 1. The van der Waals surface area contributed by atoms with Crippen LogP contribution >= 0.6 is 0 Å². The predicted molar refractivity (Wildman–Crippen MR) is 74.8 cm³/mol. The summed E-state index contributed by atoms with van der Waals surface area (Å²) < 4.78 is 1.97. The van der Waals surface area contributed by atoms with Gasteiger partial charge in [0, 0.05) is 6.20 Å². The lowest BCUT2D eigenvalue weighted by Gasteiger charge is -2.06. The van der Waals surface area contributed by atoms with Gasteiger partial charge in [0.15, 0.2) is 0 Å². The fourth-order valence-corrected chi connectivity index (χ4v) is 2.18. The number of nitrogen functional groups attached to an aromatic ring is 1. The molecule has 1 aromatic carbocycles. The largest absolute Gasteiger partial charge is 0.369 e. The molecule has 0 bridgehead atoms. The number of aromatic nitrogens is 4. The molecule has 0 spiro atoms. The minimum Gasteiger partial charge on any atom is -0.369 e. The lowest BCUT2D eigenvalue weighted by molar-refractivity contribution is 0.795. The van der Waals surface area contributed by atoms with Crippen LogP contribution in [0, 0.1) is 13.8 Å². The first-order valence-electron chi connectivity index (χ1n) is 6.14. The molecule has 5 nitrogen and oxygen atoms in total. The van der Waals surface area contributed by atoms with Crippen LogP contribution in [0.25, 0.3) is 11.0 Å². The van der Waals surface area contributed by atoms with E-state index in [1.165, 1.54) is 5.56 Å². The van der Waals surface area contributed by atoms with E-state index in [1.807, 2.05) is 36.6 Å². The molecule has 0 amide bonds. The van der Waals surface area contributed by atoms with E-state index in [0.29, 0.717) is 12.5 Å². The number of fused-ring (bicyclic) bond motifs is 1. The molecule has 3 rings (SSSR count). The average molecular weight is 253 g/mol. The average Bonchev–Trinajstić information content (AvgIpc) is 2.65. The van der Waals surface area contributed by atoms with E-state index in [9.17, 15) is 0 Å². The van der Waals surface area contributed by atoms with Gasteiger partial charge in [0.1, 0.15) is 5.82 Å². The van der Waals surface area contributed by atoms with Gasteiger partial charge in [-0.25, -0.2) is 15.0 Å². The summed E-state index contributed by atoms with van der Waals surface area (Å²) in [5, 5.41) is 0. The van der Waals surface area contributed by atoms with Crippen LogP contribution in [0.2, 0.25) is 0 Å². The van der Waals surface area contributed by atoms with Crippen molar-refractivity contribution >= 4 is 17.0 Å². The highest BCUT2D eigenvalue weighted by molar-refractivity contribution is 5.79. The van der Waals surface area contributed by atoms with Crippen LogP contribution in [0.15, 0.2) is 30.5 Å². The SMILES string of the molecule is Cc1ccc2c(c1)nc(N)n2Cc1ccnc(C)n1. The van der Waals surface area contributed by atoms with Gasteiger partial charge in [0.05, 0.1) is 23.3 Å². The first-order valence-corrected chi connectivity index (χ1v) is 6.14. The molecule has 2 aromatic heterocycles. The number of hydrogen-bond acceptors (Lipinski definition) is 4. The Labute approximate surface area is 111 Å². The Morgan fingerprint density at radius 1 is 1.16 bits per heavy atom. The Morgan fingerprint density at radius 3 is 2.79 bits per heavy atom. The Kier molecular flexibility index (Phi) is 2.67. The highest BCUT2D eigenvalue weighted by Gasteiger charge is 2.09. The molecule has 96 valence electrons. The third kappa shape index (κ3) is 2.14. The fraction of sp³-hybridized carbons (Fsp3) is 0.214. The molecule has 3 aromatic rings. The number of hydrogen-bond donors (Lipinski definition) is 1. The van der Waals surface area contributed by atoms with E-state index in [1.54, 1.807) is 6.20 Å². The van der Waals surface area contributed by atoms with Crippen molar-refractivity contribution in [1.29, 1.82) is 0 Å². The van der Waals surface area contributed by atoms with Gasteiger partial charge < -0.3 is 10.3 Å². The minimum absolute atomic E-state index is 0.511. The van der Waals surface area contributed by atoms with E-state index < -0.39 is 0 Å². The maximum atomic E-state index is 6.00. The fourth-order valence-electron chi connectivity index (χ4n) is 2.18. The van der Waals surface area contributed by atoms with Gasteiger partial charge in [0.2, 0.25) is 5.95 Å². The summed E-state index contributed by atoms with van der Waals surface area (Å²) >= 11 is 0.